The van der Waals surface area contributed by atoms with E-state index in [1.807, 2.05) is 73.0 Å². The third kappa shape index (κ3) is 3.41. The summed E-state index contributed by atoms with van der Waals surface area (Å²) < 4.78 is 1.99. The first-order valence-corrected chi connectivity index (χ1v) is 9.41. The van der Waals surface area contributed by atoms with Gasteiger partial charge in [0.25, 0.3) is 0 Å². The number of amides is 1. The number of nitrogens with one attached hydrogen (secondary N) is 1. The van der Waals surface area contributed by atoms with E-state index in [4.69, 9.17) is 4.98 Å². The Labute approximate surface area is 164 Å². The van der Waals surface area contributed by atoms with Crippen molar-refractivity contribution in [3.63, 3.8) is 0 Å². The first-order chi connectivity index (χ1) is 13.5. The van der Waals surface area contributed by atoms with Crippen molar-refractivity contribution in [2.45, 2.75) is 27.3 Å². The van der Waals surface area contributed by atoms with E-state index in [-0.39, 0.29) is 12.5 Å². The Hall–Kier alpha value is -3.40. The van der Waals surface area contributed by atoms with Crippen LogP contribution in [0.25, 0.3) is 22.4 Å². The van der Waals surface area contributed by atoms with Gasteiger partial charge in [-0.3, -0.25) is 4.79 Å². The van der Waals surface area contributed by atoms with Crippen LogP contribution in [0.15, 0.2) is 66.7 Å². The van der Waals surface area contributed by atoms with E-state index in [0.29, 0.717) is 0 Å². The Morgan fingerprint density at radius 2 is 1.75 bits per heavy atom. The minimum Gasteiger partial charge on any atom is -0.324 e. The Kier molecular flexibility index (Phi) is 4.70. The van der Waals surface area contributed by atoms with Gasteiger partial charge in [-0.15, -0.1) is 0 Å². The van der Waals surface area contributed by atoms with Crippen molar-refractivity contribution in [1.29, 1.82) is 0 Å². The number of hydrogen-bond acceptors (Lipinski definition) is 2. The molecule has 4 heteroatoms. The summed E-state index contributed by atoms with van der Waals surface area (Å²) in [5.74, 6) is 0.742. The fraction of sp³-hybridized carbons (Fsp3) is 0.167. The first kappa shape index (κ1) is 18.0. The number of anilines is 1. The number of nitrogens with zero attached hydrogens (tertiary/aromatic N) is 2. The summed E-state index contributed by atoms with van der Waals surface area (Å²) in [6.45, 7) is 6.33. The van der Waals surface area contributed by atoms with Crippen molar-refractivity contribution in [3.05, 3.63) is 83.4 Å². The number of hydrogen-bond donors (Lipinski definition) is 1. The van der Waals surface area contributed by atoms with E-state index in [2.05, 4.69) is 24.4 Å². The van der Waals surface area contributed by atoms with Crippen LogP contribution in [0.4, 0.5) is 5.69 Å². The highest BCUT2D eigenvalue weighted by atomic mass is 16.1. The molecule has 0 radical (unpaired) electrons. The summed E-state index contributed by atoms with van der Waals surface area (Å²) in [7, 11) is 0. The van der Waals surface area contributed by atoms with Crippen molar-refractivity contribution in [3.8, 4) is 11.4 Å². The molecular formula is C24H23N3O. The maximum atomic E-state index is 12.9. The lowest BCUT2D eigenvalue weighted by molar-refractivity contribution is -0.116. The predicted octanol–water partition coefficient (Wildman–Crippen LogP) is 5.27. The van der Waals surface area contributed by atoms with E-state index in [1.54, 1.807) is 0 Å². The van der Waals surface area contributed by atoms with E-state index >= 15 is 0 Å². The number of rotatable bonds is 4. The molecule has 1 aromatic heterocycles. The molecule has 4 nitrogen and oxygen atoms in total. The van der Waals surface area contributed by atoms with Gasteiger partial charge in [-0.1, -0.05) is 48.0 Å². The monoisotopic (exact) mass is 369 g/mol. The van der Waals surface area contributed by atoms with Gasteiger partial charge in [0.1, 0.15) is 12.4 Å². The van der Waals surface area contributed by atoms with E-state index in [9.17, 15) is 4.79 Å². The van der Waals surface area contributed by atoms with Gasteiger partial charge in [0, 0.05) is 11.3 Å². The maximum absolute atomic E-state index is 12.9. The van der Waals surface area contributed by atoms with Crippen LogP contribution in [-0.4, -0.2) is 15.5 Å². The smallest absolute Gasteiger partial charge is 0.244 e. The number of fused-ring (bicyclic) bond motifs is 1. The second-order valence-corrected chi connectivity index (χ2v) is 7.18. The average Bonchev–Trinajstić information content (AvgIpc) is 3.04. The van der Waals surface area contributed by atoms with Crippen LogP contribution in [0.5, 0.6) is 0 Å². The lowest BCUT2D eigenvalue weighted by atomic mass is 10.1. The molecule has 4 aromatic rings. The molecule has 0 aliphatic carbocycles. The molecule has 1 amide bonds. The van der Waals surface area contributed by atoms with Crippen molar-refractivity contribution in [1.82, 2.24) is 9.55 Å². The van der Waals surface area contributed by atoms with Crippen LogP contribution in [0, 0.1) is 20.8 Å². The maximum Gasteiger partial charge on any atom is 0.244 e. The standard InChI is InChI=1S/C24H23N3O/c1-16-8-6-10-19(14-16)24-26-21-11-4-5-13-22(21)27(24)15-23(28)25-20-12-7-9-17(2)18(20)3/h4-14H,15H2,1-3H3,(H,25,28). The molecule has 28 heavy (non-hydrogen) atoms. The summed E-state index contributed by atoms with van der Waals surface area (Å²) in [6, 6.07) is 22.1. The Balaban J connectivity index is 1.72. The number of para-hydroxylation sites is 2. The van der Waals surface area contributed by atoms with Crippen molar-refractivity contribution in [2.75, 3.05) is 5.32 Å². The molecule has 0 atom stereocenters. The zero-order chi connectivity index (χ0) is 19.7. The fourth-order valence-corrected chi connectivity index (χ4v) is 3.46. The first-order valence-electron chi connectivity index (χ1n) is 9.41. The molecule has 0 bridgehead atoms. The van der Waals surface area contributed by atoms with Crippen LogP contribution in [0.1, 0.15) is 16.7 Å². The minimum absolute atomic E-state index is 0.0641. The van der Waals surface area contributed by atoms with Gasteiger partial charge in [0.2, 0.25) is 5.91 Å². The third-order valence-corrected chi connectivity index (χ3v) is 5.11. The highest BCUT2D eigenvalue weighted by Gasteiger charge is 2.16. The summed E-state index contributed by atoms with van der Waals surface area (Å²) in [5, 5.41) is 3.06. The highest BCUT2D eigenvalue weighted by molar-refractivity contribution is 5.93. The molecule has 0 saturated heterocycles. The van der Waals surface area contributed by atoms with E-state index in [0.717, 1.165) is 44.8 Å². The van der Waals surface area contributed by atoms with Gasteiger partial charge in [-0.2, -0.15) is 0 Å². The zero-order valence-electron chi connectivity index (χ0n) is 16.4. The Morgan fingerprint density at radius 3 is 2.57 bits per heavy atom. The molecule has 1 N–H and O–H groups in total. The van der Waals surface area contributed by atoms with E-state index < -0.39 is 0 Å². The molecule has 0 saturated carbocycles. The molecule has 0 spiro atoms. The minimum atomic E-state index is -0.0641. The average molecular weight is 369 g/mol. The number of aryl methyl sites for hydroxylation is 2. The zero-order valence-corrected chi connectivity index (χ0v) is 16.4. The largest absolute Gasteiger partial charge is 0.324 e. The van der Waals surface area contributed by atoms with Gasteiger partial charge >= 0.3 is 0 Å². The summed E-state index contributed by atoms with van der Waals surface area (Å²) in [5.41, 5.74) is 7.11. The Morgan fingerprint density at radius 1 is 0.964 bits per heavy atom. The van der Waals surface area contributed by atoms with Crippen molar-refractivity contribution >= 4 is 22.6 Å². The molecule has 4 rings (SSSR count). The second kappa shape index (κ2) is 7.31. The molecule has 0 aliphatic rings. The predicted molar refractivity (Wildman–Crippen MR) is 114 cm³/mol. The Bertz CT molecular complexity index is 1170. The van der Waals surface area contributed by atoms with Gasteiger partial charge in [0.15, 0.2) is 0 Å². The van der Waals surface area contributed by atoms with Gasteiger partial charge in [0.05, 0.1) is 11.0 Å². The van der Waals surface area contributed by atoms with Gasteiger partial charge in [-0.25, -0.2) is 4.98 Å². The molecule has 0 fully saturated rings. The lowest BCUT2D eigenvalue weighted by Crippen LogP contribution is -2.20. The normalized spacial score (nSPS) is 11.0. The molecule has 0 unspecified atom stereocenters. The quantitative estimate of drug-likeness (QED) is 0.533. The SMILES string of the molecule is Cc1cccc(-c2nc3ccccc3n2CC(=O)Nc2cccc(C)c2C)c1. The highest BCUT2D eigenvalue weighted by Crippen LogP contribution is 2.26. The second-order valence-electron chi connectivity index (χ2n) is 7.18. The summed E-state index contributed by atoms with van der Waals surface area (Å²) >= 11 is 0. The molecule has 0 aliphatic heterocycles. The van der Waals surface area contributed by atoms with Crippen LogP contribution in [0.3, 0.4) is 0 Å². The van der Waals surface area contributed by atoms with Crippen LogP contribution < -0.4 is 5.32 Å². The topological polar surface area (TPSA) is 46.9 Å². The number of benzene rings is 3. The van der Waals surface area contributed by atoms with Crippen LogP contribution in [0.2, 0.25) is 0 Å². The van der Waals surface area contributed by atoms with Gasteiger partial charge < -0.3 is 9.88 Å². The third-order valence-electron chi connectivity index (χ3n) is 5.11. The number of aromatic nitrogens is 2. The summed E-state index contributed by atoms with van der Waals surface area (Å²) in [6.07, 6.45) is 0. The molecule has 1 heterocycles. The number of imidazole rings is 1. The van der Waals surface area contributed by atoms with Crippen LogP contribution in [-0.2, 0) is 11.3 Å². The number of carbonyl (C=O) groups excluding carboxylic acids is 1. The van der Waals surface area contributed by atoms with Crippen molar-refractivity contribution in [2.24, 2.45) is 0 Å². The molecular weight excluding hydrogens is 346 g/mol. The van der Waals surface area contributed by atoms with Gasteiger partial charge in [-0.05, 0) is 56.2 Å². The fourth-order valence-electron chi connectivity index (χ4n) is 3.46. The van der Waals surface area contributed by atoms with Crippen molar-refractivity contribution < 1.29 is 4.79 Å². The molecule has 3 aromatic carbocycles. The lowest BCUT2D eigenvalue weighted by Gasteiger charge is -2.13. The van der Waals surface area contributed by atoms with Crippen LogP contribution >= 0.6 is 0 Å². The van der Waals surface area contributed by atoms with E-state index in [1.165, 1.54) is 0 Å². The summed E-state index contributed by atoms with van der Waals surface area (Å²) in [4.78, 5) is 17.7. The molecule has 140 valence electrons. The number of carbonyl (C=O) groups is 1.